The van der Waals surface area contributed by atoms with Gasteiger partial charge in [0.15, 0.2) is 0 Å². The molecule has 100 valence electrons. The Balaban J connectivity index is 1.78. The molecule has 2 rings (SSSR count). The Kier molecular flexibility index (Phi) is 5.02. The Morgan fingerprint density at radius 2 is 2.11 bits per heavy atom. The number of benzene rings is 1. The molecule has 1 aliphatic heterocycles. The SMILES string of the molecule is CC(C)Cc1ccc(NCC2CNCCO2)cc1. The van der Waals surface area contributed by atoms with Crippen LogP contribution in [0.1, 0.15) is 19.4 Å². The zero-order valence-corrected chi connectivity index (χ0v) is 11.4. The lowest BCUT2D eigenvalue weighted by molar-refractivity contribution is 0.0372. The number of rotatable bonds is 5. The maximum absolute atomic E-state index is 5.65. The molecule has 3 heteroatoms. The van der Waals surface area contributed by atoms with E-state index in [9.17, 15) is 0 Å². The molecule has 0 amide bonds. The van der Waals surface area contributed by atoms with Crippen molar-refractivity contribution in [1.29, 1.82) is 0 Å². The van der Waals surface area contributed by atoms with Crippen LogP contribution < -0.4 is 10.6 Å². The van der Waals surface area contributed by atoms with Crippen LogP contribution in [0.5, 0.6) is 0 Å². The summed E-state index contributed by atoms with van der Waals surface area (Å²) in [6.07, 6.45) is 1.43. The summed E-state index contributed by atoms with van der Waals surface area (Å²) in [6.45, 7) is 8.11. The third-order valence-electron chi connectivity index (χ3n) is 3.14. The van der Waals surface area contributed by atoms with Crippen molar-refractivity contribution in [1.82, 2.24) is 5.32 Å². The van der Waals surface area contributed by atoms with E-state index in [1.54, 1.807) is 0 Å². The molecule has 1 unspecified atom stereocenters. The van der Waals surface area contributed by atoms with Gasteiger partial charge in [-0.1, -0.05) is 26.0 Å². The van der Waals surface area contributed by atoms with Crippen molar-refractivity contribution in [2.24, 2.45) is 5.92 Å². The fourth-order valence-electron chi connectivity index (χ4n) is 2.21. The van der Waals surface area contributed by atoms with E-state index in [4.69, 9.17) is 4.74 Å². The minimum Gasteiger partial charge on any atom is -0.382 e. The minimum absolute atomic E-state index is 0.286. The highest BCUT2D eigenvalue weighted by Gasteiger charge is 2.12. The van der Waals surface area contributed by atoms with Crippen LogP contribution in [0.4, 0.5) is 5.69 Å². The maximum Gasteiger partial charge on any atom is 0.0872 e. The van der Waals surface area contributed by atoms with Crippen molar-refractivity contribution in [3.63, 3.8) is 0 Å². The van der Waals surface area contributed by atoms with Gasteiger partial charge in [-0.2, -0.15) is 0 Å². The maximum atomic E-state index is 5.65. The Morgan fingerprint density at radius 1 is 1.33 bits per heavy atom. The molecule has 1 fully saturated rings. The van der Waals surface area contributed by atoms with Gasteiger partial charge < -0.3 is 15.4 Å². The summed E-state index contributed by atoms with van der Waals surface area (Å²) in [6, 6.07) is 8.74. The van der Waals surface area contributed by atoms with E-state index in [1.807, 2.05) is 0 Å². The predicted octanol–water partition coefficient (Wildman–Crippen LogP) is 2.29. The molecular formula is C15H24N2O. The van der Waals surface area contributed by atoms with E-state index in [0.717, 1.165) is 32.7 Å². The molecule has 1 aliphatic rings. The molecule has 0 aliphatic carbocycles. The van der Waals surface area contributed by atoms with E-state index in [1.165, 1.54) is 11.3 Å². The zero-order valence-electron chi connectivity index (χ0n) is 11.4. The lowest BCUT2D eigenvalue weighted by atomic mass is 10.0. The van der Waals surface area contributed by atoms with Gasteiger partial charge in [-0.05, 0) is 30.0 Å². The van der Waals surface area contributed by atoms with E-state index < -0.39 is 0 Å². The summed E-state index contributed by atoms with van der Waals surface area (Å²) in [5, 5.41) is 6.77. The molecule has 1 aromatic rings. The summed E-state index contributed by atoms with van der Waals surface area (Å²) in [5.74, 6) is 0.713. The highest BCUT2D eigenvalue weighted by Crippen LogP contribution is 2.13. The van der Waals surface area contributed by atoms with Gasteiger partial charge in [0.25, 0.3) is 0 Å². The number of ether oxygens (including phenoxy) is 1. The van der Waals surface area contributed by atoms with Crippen LogP contribution in [-0.2, 0) is 11.2 Å². The number of anilines is 1. The largest absolute Gasteiger partial charge is 0.382 e. The second-order valence-corrected chi connectivity index (χ2v) is 5.37. The Hall–Kier alpha value is -1.06. The summed E-state index contributed by atoms with van der Waals surface area (Å²) < 4.78 is 5.65. The van der Waals surface area contributed by atoms with Crippen LogP contribution in [0.15, 0.2) is 24.3 Å². The van der Waals surface area contributed by atoms with Crippen LogP contribution in [0.25, 0.3) is 0 Å². The molecule has 0 spiro atoms. The minimum atomic E-state index is 0.286. The van der Waals surface area contributed by atoms with Crippen LogP contribution in [0.3, 0.4) is 0 Å². The normalized spacial score (nSPS) is 20.1. The molecule has 3 nitrogen and oxygen atoms in total. The first-order valence-corrected chi connectivity index (χ1v) is 6.89. The van der Waals surface area contributed by atoms with Gasteiger partial charge in [-0.15, -0.1) is 0 Å². The molecule has 1 aromatic carbocycles. The Morgan fingerprint density at radius 3 is 2.72 bits per heavy atom. The molecule has 1 atom stereocenters. The number of nitrogens with one attached hydrogen (secondary N) is 2. The van der Waals surface area contributed by atoms with Gasteiger partial charge in [0.1, 0.15) is 0 Å². The summed E-state index contributed by atoms with van der Waals surface area (Å²) >= 11 is 0. The van der Waals surface area contributed by atoms with Crippen LogP contribution >= 0.6 is 0 Å². The van der Waals surface area contributed by atoms with Crippen LogP contribution in [-0.4, -0.2) is 32.3 Å². The van der Waals surface area contributed by atoms with Gasteiger partial charge in [-0.25, -0.2) is 0 Å². The van der Waals surface area contributed by atoms with E-state index >= 15 is 0 Å². The van der Waals surface area contributed by atoms with Crippen molar-refractivity contribution >= 4 is 5.69 Å². The van der Waals surface area contributed by atoms with Crippen molar-refractivity contribution in [3.8, 4) is 0 Å². The number of morpholine rings is 1. The fraction of sp³-hybridized carbons (Fsp3) is 0.600. The van der Waals surface area contributed by atoms with Crippen molar-refractivity contribution in [2.45, 2.75) is 26.4 Å². The average molecular weight is 248 g/mol. The molecule has 0 radical (unpaired) electrons. The van der Waals surface area contributed by atoms with Crippen LogP contribution in [0, 0.1) is 5.92 Å². The van der Waals surface area contributed by atoms with E-state index in [0.29, 0.717) is 5.92 Å². The summed E-state index contributed by atoms with van der Waals surface area (Å²) in [5.41, 5.74) is 2.59. The zero-order chi connectivity index (χ0) is 12.8. The third kappa shape index (κ3) is 4.31. The van der Waals surface area contributed by atoms with Crippen molar-refractivity contribution in [3.05, 3.63) is 29.8 Å². The van der Waals surface area contributed by atoms with E-state index in [-0.39, 0.29) is 6.10 Å². The van der Waals surface area contributed by atoms with Gasteiger partial charge in [0.2, 0.25) is 0 Å². The molecule has 0 bridgehead atoms. The van der Waals surface area contributed by atoms with Crippen LogP contribution in [0.2, 0.25) is 0 Å². The number of hydrogen-bond donors (Lipinski definition) is 2. The van der Waals surface area contributed by atoms with Crippen molar-refractivity contribution < 1.29 is 4.74 Å². The third-order valence-corrected chi connectivity index (χ3v) is 3.14. The lowest BCUT2D eigenvalue weighted by Gasteiger charge is -2.24. The summed E-state index contributed by atoms with van der Waals surface area (Å²) in [7, 11) is 0. The Labute approximate surface area is 110 Å². The van der Waals surface area contributed by atoms with Gasteiger partial charge in [-0.3, -0.25) is 0 Å². The fourth-order valence-corrected chi connectivity index (χ4v) is 2.21. The predicted molar refractivity (Wildman–Crippen MR) is 76.1 cm³/mol. The highest BCUT2D eigenvalue weighted by atomic mass is 16.5. The van der Waals surface area contributed by atoms with Gasteiger partial charge in [0, 0.05) is 25.3 Å². The monoisotopic (exact) mass is 248 g/mol. The molecular weight excluding hydrogens is 224 g/mol. The smallest absolute Gasteiger partial charge is 0.0872 e. The molecule has 2 N–H and O–H groups in total. The number of hydrogen-bond acceptors (Lipinski definition) is 3. The van der Waals surface area contributed by atoms with Gasteiger partial charge in [0.05, 0.1) is 12.7 Å². The molecule has 18 heavy (non-hydrogen) atoms. The Bertz CT molecular complexity index is 342. The molecule has 0 saturated carbocycles. The second-order valence-electron chi connectivity index (χ2n) is 5.37. The van der Waals surface area contributed by atoms with E-state index in [2.05, 4.69) is 48.7 Å². The molecule has 1 saturated heterocycles. The first kappa shape index (κ1) is 13.4. The summed E-state index contributed by atoms with van der Waals surface area (Å²) in [4.78, 5) is 0. The van der Waals surface area contributed by atoms with Crippen molar-refractivity contribution in [2.75, 3.05) is 31.6 Å². The lowest BCUT2D eigenvalue weighted by Crippen LogP contribution is -2.42. The molecule has 1 heterocycles. The van der Waals surface area contributed by atoms with Gasteiger partial charge >= 0.3 is 0 Å². The first-order chi connectivity index (χ1) is 8.74. The standard InChI is InChI=1S/C15H24N2O/c1-12(2)9-13-3-5-14(6-4-13)17-11-15-10-16-7-8-18-15/h3-6,12,15-17H,7-11H2,1-2H3. The quantitative estimate of drug-likeness (QED) is 0.839. The topological polar surface area (TPSA) is 33.3 Å². The molecule has 0 aromatic heterocycles. The highest BCUT2D eigenvalue weighted by molar-refractivity contribution is 5.44. The first-order valence-electron chi connectivity index (χ1n) is 6.89. The average Bonchev–Trinajstić information content (AvgIpc) is 2.38. The second kappa shape index (κ2) is 6.76.